The van der Waals surface area contributed by atoms with Crippen LogP contribution < -0.4 is 15.4 Å². The highest BCUT2D eigenvalue weighted by Crippen LogP contribution is 2.17. The van der Waals surface area contributed by atoms with Crippen LogP contribution in [0.25, 0.3) is 0 Å². The van der Waals surface area contributed by atoms with E-state index in [0.29, 0.717) is 32.2 Å². The minimum Gasteiger partial charge on any atom is -0.475 e. The highest BCUT2D eigenvalue weighted by atomic mass is 32.1. The van der Waals surface area contributed by atoms with Crippen LogP contribution in [0.1, 0.15) is 28.1 Å². The van der Waals surface area contributed by atoms with Crippen molar-refractivity contribution in [3.05, 3.63) is 39.5 Å². The van der Waals surface area contributed by atoms with Gasteiger partial charge in [-0.2, -0.15) is 0 Å². The molecular formula is C18H27N5O2S. The number of methoxy groups -OCH3 is 1. The van der Waals surface area contributed by atoms with Crippen LogP contribution in [0.3, 0.4) is 0 Å². The van der Waals surface area contributed by atoms with E-state index in [9.17, 15) is 0 Å². The first-order chi connectivity index (χ1) is 12.6. The number of nitrogens with zero attached hydrogens (tertiary/aromatic N) is 3. The number of rotatable bonds is 9. The Morgan fingerprint density at radius 2 is 2.12 bits per heavy atom. The molecule has 0 amide bonds. The van der Waals surface area contributed by atoms with Gasteiger partial charge < -0.3 is 20.1 Å². The van der Waals surface area contributed by atoms with Crippen LogP contribution in [0, 0.1) is 13.8 Å². The number of thiazole rings is 1. The van der Waals surface area contributed by atoms with Gasteiger partial charge in [0.15, 0.2) is 5.96 Å². The van der Waals surface area contributed by atoms with E-state index in [0.717, 1.165) is 28.8 Å². The fourth-order valence-electron chi connectivity index (χ4n) is 2.30. The number of aryl methyl sites for hydroxylation is 2. The van der Waals surface area contributed by atoms with Gasteiger partial charge in [0.25, 0.3) is 0 Å². The van der Waals surface area contributed by atoms with Crippen LogP contribution in [0.15, 0.2) is 23.3 Å². The molecule has 0 aliphatic heterocycles. The van der Waals surface area contributed by atoms with Crippen molar-refractivity contribution in [1.29, 1.82) is 0 Å². The average molecular weight is 378 g/mol. The Hall–Kier alpha value is -2.19. The van der Waals surface area contributed by atoms with E-state index in [1.807, 2.05) is 32.9 Å². The van der Waals surface area contributed by atoms with Gasteiger partial charge in [-0.05, 0) is 26.8 Å². The maximum atomic E-state index is 5.66. The molecule has 142 valence electrons. The molecule has 0 radical (unpaired) electrons. The summed E-state index contributed by atoms with van der Waals surface area (Å²) in [5.41, 5.74) is 2.00. The highest BCUT2D eigenvalue weighted by molar-refractivity contribution is 7.11. The zero-order valence-corrected chi connectivity index (χ0v) is 16.7. The molecule has 0 aromatic carbocycles. The largest absolute Gasteiger partial charge is 0.475 e. The van der Waals surface area contributed by atoms with E-state index < -0.39 is 0 Å². The van der Waals surface area contributed by atoms with Gasteiger partial charge in [0.05, 0.1) is 30.4 Å². The zero-order valence-electron chi connectivity index (χ0n) is 15.8. The molecule has 2 rings (SSSR count). The number of ether oxygens (including phenoxy) is 2. The Bertz CT molecular complexity index is 717. The van der Waals surface area contributed by atoms with Crippen molar-refractivity contribution in [2.24, 2.45) is 4.99 Å². The van der Waals surface area contributed by atoms with Gasteiger partial charge in [0.1, 0.15) is 6.61 Å². The number of nitrogens with one attached hydrogen (secondary N) is 2. The van der Waals surface area contributed by atoms with Crippen LogP contribution in [0.4, 0.5) is 0 Å². The van der Waals surface area contributed by atoms with E-state index in [1.54, 1.807) is 24.6 Å². The summed E-state index contributed by atoms with van der Waals surface area (Å²) < 4.78 is 10.7. The summed E-state index contributed by atoms with van der Waals surface area (Å²) in [5.74, 6) is 1.35. The summed E-state index contributed by atoms with van der Waals surface area (Å²) in [5, 5.41) is 7.70. The third-order valence-electron chi connectivity index (χ3n) is 3.54. The Labute approximate surface area is 158 Å². The quantitative estimate of drug-likeness (QED) is 0.397. The maximum Gasteiger partial charge on any atom is 0.218 e. The van der Waals surface area contributed by atoms with Crippen molar-refractivity contribution in [1.82, 2.24) is 20.6 Å². The predicted octanol–water partition coefficient (Wildman–Crippen LogP) is 2.44. The number of aromatic nitrogens is 2. The number of guanidine groups is 1. The molecule has 0 aliphatic carbocycles. The van der Waals surface area contributed by atoms with E-state index in [-0.39, 0.29) is 0 Å². The molecule has 0 bridgehead atoms. The monoisotopic (exact) mass is 377 g/mol. The highest BCUT2D eigenvalue weighted by Gasteiger charge is 2.07. The third kappa shape index (κ3) is 6.27. The van der Waals surface area contributed by atoms with Crippen LogP contribution in [0.2, 0.25) is 0 Å². The first-order valence-electron chi connectivity index (χ1n) is 8.64. The molecule has 0 spiro atoms. The molecule has 2 N–H and O–H groups in total. The van der Waals surface area contributed by atoms with Crippen LogP contribution in [-0.2, 0) is 17.8 Å². The molecule has 2 aromatic heterocycles. The molecule has 0 aliphatic rings. The lowest BCUT2D eigenvalue weighted by atomic mass is 10.3. The standard InChI is InChI=1S/C18H27N5O2S/c1-5-19-18(22-12-16-13(2)23-14(3)26-16)21-11-15-7-6-8-20-17(15)25-10-9-24-4/h6-8H,5,9-12H2,1-4H3,(H2,19,21,22). The second-order valence-electron chi connectivity index (χ2n) is 5.60. The van der Waals surface area contributed by atoms with Gasteiger partial charge in [0.2, 0.25) is 5.88 Å². The number of pyridine rings is 1. The fourth-order valence-corrected chi connectivity index (χ4v) is 3.18. The van der Waals surface area contributed by atoms with E-state index >= 15 is 0 Å². The summed E-state index contributed by atoms with van der Waals surface area (Å²) in [6.45, 7) is 9.06. The van der Waals surface area contributed by atoms with E-state index in [4.69, 9.17) is 9.47 Å². The van der Waals surface area contributed by atoms with Crippen molar-refractivity contribution in [2.45, 2.75) is 33.9 Å². The van der Waals surface area contributed by atoms with Gasteiger partial charge in [-0.15, -0.1) is 11.3 Å². The zero-order chi connectivity index (χ0) is 18.8. The summed E-state index contributed by atoms with van der Waals surface area (Å²) in [7, 11) is 1.65. The lowest BCUT2D eigenvalue weighted by Crippen LogP contribution is -2.36. The second kappa shape index (κ2) is 10.7. The number of hydrogen-bond donors (Lipinski definition) is 2. The van der Waals surface area contributed by atoms with Gasteiger partial charge in [-0.3, -0.25) is 0 Å². The molecule has 0 unspecified atom stereocenters. The van der Waals surface area contributed by atoms with Crippen molar-refractivity contribution < 1.29 is 9.47 Å². The summed E-state index contributed by atoms with van der Waals surface area (Å²) in [4.78, 5) is 14.6. The molecule has 0 fully saturated rings. The molecule has 2 aromatic rings. The molecule has 0 saturated heterocycles. The second-order valence-corrected chi connectivity index (χ2v) is 6.89. The first-order valence-corrected chi connectivity index (χ1v) is 9.46. The molecule has 0 atom stereocenters. The van der Waals surface area contributed by atoms with Crippen molar-refractivity contribution in [2.75, 3.05) is 26.9 Å². The Kier molecular flexibility index (Phi) is 8.30. The Balaban J connectivity index is 2.01. The molecule has 8 heteroatoms. The molecule has 7 nitrogen and oxygen atoms in total. The predicted molar refractivity (Wildman–Crippen MR) is 105 cm³/mol. The summed E-state index contributed by atoms with van der Waals surface area (Å²) >= 11 is 1.70. The lowest BCUT2D eigenvalue weighted by Gasteiger charge is -2.12. The van der Waals surface area contributed by atoms with Crippen molar-refractivity contribution in [3.8, 4) is 5.88 Å². The van der Waals surface area contributed by atoms with Crippen LogP contribution >= 0.6 is 11.3 Å². The maximum absolute atomic E-state index is 5.66. The van der Waals surface area contributed by atoms with Gasteiger partial charge in [0, 0.05) is 30.3 Å². The van der Waals surface area contributed by atoms with E-state index in [2.05, 4.69) is 25.6 Å². The number of hydrogen-bond acceptors (Lipinski definition) is 6. The minimum absolute atomic E-state index is 0.465. The normalized spacial score (nSPS) is 11.5. The topological polar surface area (TPSA) is 80.7 Å². The van der Waals surface area contributed by atoms with E-state index in [1.165, 1.54) is 4.88 Å². The van der Waals surface area contributed by atoms with Gasteiger partial charge >= 0.3 is 0 Å². The molecule has 26 heavy (non-hydrogen) atoms. The molecule has 0 saturated carbocycles. The minimum atomic E-state index is 0.465. The first kappa shape index (κ1) is 20.1. The van der Waals surface area contributed by atoms with Crippen LogP contribution in [0.5, 0.6) is 5.88 Å². The smallest absolute Gasteiger partial charge is 0.218 e. The summed E-state index contributed by atoms with van der Waals surface area (Å²) in [6, 6.07) is 3.86. The average Bonchev–Trinajstić information content (AvgIpc) is 2.96. The van der Waals surface area contributed by atoms with Crippen molar-refractivity contribution >= 4 is 17.3 Å². The molecular weight excluding hydrogens is 350 g/mol. The lowest BCUT2D eigenvalue weighted by molar-refractivity contribution is 0.143. The van der Waals surface area contributed by atoms with Crippen molar-refractivity contribution in [3.63, 3.8) is 0 Å². The van der Waals surface area contributed by atoms with Gasteiger partial charge in [-0.1, -0.05) is 6.07 Å². The number of aliphatic imine (C=N–C) groups is 1. The van der Waals surface area contributed by atoms with Gasteiger partial charge in [-0.25, -0.2) is 15.0 Å². The Morgan fingerprint density at radius 1 is 1.27 bits per heavy atom. The fraction of sp³-hybridized carbons (Fsp3) is 0.500. The molecule has 2 heterocycles. The van der Waals surface area contributed by atoms with Crippen LogP contribution in [-0.4, -0.2) is 42.8 Å². The third-order valence-corrected chi connectivity index (χ3v) is 4.62. The SMILES string of the molecule is CCNC(=NCc1cccnc1OCCOC)NCc1sc(C)nc1C. The Morgan fingerprint density at radius 3 is 2.81 bits per heavy atom. The summed E-state index contributed by atoms with van der Waals surface area (Å²) in [6.07, 6.45) is 1.72.